The van der Waals surface area contributed by atoms with E-state index in [-0.39, 0.29) is 27.1 Å². The van der Waals surface area contributed by atoms with Gasteiger partial charge in [0.15, 0.2) is 10.3 Å². The second-order valence-corrected chi connectivity index (χ2v) is 4.34. The van der Waals surface area contributed by atoms with Gasteiger partial charge >= 0.3 is 5.97 Å². The summed E-state index contributed by atoms with van der Waals surface area (Å²) in [6.45, 7) is 0. The lowest BCUT2D eigenvalue weighted by Crippen LogP contribution is -2.14. The van der Waals surface area contributed by atoms with Gasteiger partial charge in [-0.3, -0.25) is 9.78 Å². The molecule has 0 saturated carbocycles. The number of carboxylic acid groups (broad SMARTS) is 1. The van der Waals surface area contributed by atoms with Gasteiger partial charge in [-0.15, -0.1) is 10.2 Å². The summed E-state index contributed by atoms with van der Waals surface area (Å²) in [7, 11) is 0. The molecule has 2 N–H and O–H groups in total. The lowest BCUT2D eigenvalue weighted by molar-refractivity contribution is 0.0696. The zero-order chi connectivity index (χ0) is 14.7. The van der Waals surface area contributed by atoms with Crippen LogP contribution in [0.4, 0.5) is 5.69 Å². The van der Waals surface area contributed by atoms with Crippen molar-refractivity contribution in [3.05, 3.63) is 46.0 Å². The summed E-state index contributed by atoms with van der Waals surface area (Å²) >= 11 is 11.4. The van der Waals surface area contributed by atoms with E-state index in [1.807, 2.05) is 0 Å². The van der Waals surface area contributed by atoms with Gasteiger partial charge in [0.1, 0.15) is 0 Å². The van der Waals surface area contributed by atoms with E-state index in [9.17, 15) is 9.59 Å². The number of carbonyl (C=O) groups excluding carboxylic acids is 1. The van der Waals surface area contributed by atoms with Gasteiger partial charge in [-0.25, -0.2) is 4.79 Å². The fraction of sp³-hybridized carbons (Fsp3) is 0. The van der Waals surface area contributed by atoms with Gasteiger partial charge in [0.2, 0.25) is 0 Å². The highest BCUT2D eigenvalue weighted by Crippen LogP contribution is 2.17. The molecule has 2 aromatic heterocycles. The first kappa shape index (κ1) is 14.2. The van der Waals surface area contributed by atoms with E-state index >= 15 is 0 Å². The van der Waals surface area contributed by atoms with Crippen LogP contribution in [0.25, 0.3) is 0 Å². The van der Waals surface area contributed by atoms with Gasteiger partial charge in [-0.1, -0.05) is 23.2 Å². The number of aromatic carboxylic acids is 1. The molecule has 0 aromatic carbocycles. The number of rotatable bonds is 3. The van der Waals surface area contributed by atoms with Crippen molar-refractivity contribution >= 4 is 40.8 Å². The molecule has 0 saturated heterocycles. The summed E-state index contributed by atoms with van der Waals surface area (Å²) in [4.78, 5) is 26.5. The molecular weight excluding hydrogens is 307 g/mol. The predicted molar refractivity (Wildman–Crippen MR) is 71.2 cm³/mol. The largest absolute Gasteiger partial charge is 0.478 e. The second kappa shape index (κ2) is 5.81. The van der Waals surface area contributed by atoms with Crippen molar-refractivity contribution < 1.29 is 14.7 Å². The highest BCUT2D eigenvalue weighted by molar-refractivity contribution is 6.34. The van der Waals surface area contributed by atoms with Crippen LogP contribution in [0.3, 0.4) is 0 Å². The number of anilines is 1. The molecule has 0 aliphatic carbocycles. The molecule has 1 amide bonds. The van der Waals surface area contributed by atoms with Crippen LogP contribution in [0.5, 0.6) is 0 Å². The van der Waals surface area contributed by atoms with E-state index in [1.54, 1.807) is 0 Å². The minimum Gasteiger partial charge on any atom is -0.478 e. The summed E-state index contributed by atoms with van der Waals surface area (Å²) in [5.41, 5.74) is 0.172. The fourth-order valence-corrected chi connectivity index (χ4v) is 1.66. The Hall–Kier alpha value is -2.25. The van der Waals surface area contributed by atoms with E-state index in [4.69, 9.17) is 28.3 Å². The van der Waals surface area contributed by atoms with Gasteiger partial charge < -0.3 is 10.4 Å². The molecule has 9 heteroatoms. The first-order valence-corrected chi connectivity index (χ1v) is 5.91. The quantitative estimate of drug-likeness (QED) is 0.899. The number of amides is 1. The van der Waals surface area contributed by atoms with Gasteiger partial charge in [-0.2, -0.15) is 0 Å². The molecular formula is C11H6Cl2N4O3. The van der Waals surface area contributed by atoms with Crippen LogP contribution < -0.4 is 5.32 Å². The number of hydrogen-bond donors (Lipinski definition) is 2. The van der Waals surface area contributed by atoms with Crippen LogP contribution in [0.15, 0.2) is 24.5 Å². The normalized spacial score (nSPS) is 10.1. The van der Waals surface area contributed by atoms with Crippen LogP contribution >= 0.6 is 23.2 Å². The van der Waals surface area contributed by atoms with Crippen LogP contribution in [0.1, 0.15) is 20.7 Å². The SMILES string of the molecule is O=C(O)c1cncc(NC(=O)c2cc(Cl)nnc2Cl)c1. The minimum atomic E-state index is -1.15. The van der Waals surface area contributed by atoms with Crippen molar-refractivity contribution in [1.82, 2.24) is 15.2 Å². The third-order valence-corrected chi connectivity index (χ3v) is 2.67. The average Bonchev–Trinajstić information content (AvgIpc) is 2.41. The molecule has 2 rings (SSSR count). The van der Waals surface area contributed by atoms with Crippen molar-refractivity contribution in [3.63, 3.8) is 0 Å². The molecule has 0 fully saturated rings. The maximum absolute atomic E-state index is 12.0. The van der Waals surface area contributed by atoms with E-state index in [0.717, 1.165) is 6.20 Å². The summed E-state index contributed by atoms with van der Waals surface area (Å²) in [6, 6.07) is 2.51. The molecule has 102 valence electrons. The molecule has 0 unspecified atom stereocenters. The highest BCUT2D eigenvalue weighted by Gasteiger charge is 2.14. The minimum absolute atomic E-state index is 0.0111. The Balaban J connectivity index is 2.25. The zero-order valence-corrected chi connectivity index (χ0v) is 11.2. The third kappa shape index (κ3) is 3.19. The number of hydrogen-bond acceptors (Lipinski definition) is 5. The molecule has 0 aliphatic heterocycles. The van der Waals surface area contributed by atoms with Crippen LogP contribution in [0.2, 0.25) is 10.3 Å². The van der Waals surface area contributed by atoms with Crippen molar-refractivity contribution in [3.8, 4) is 0 Å². The van der Waals surface area contributed by atoms with E-state index in [0.29, 0.717) is 0 Å². The Morgan fingerprint density at radius 3 is 2.60 bits per heavy atom. The molecule has 20 heavy (non-hydrogen) atoms. The molecule has 0 bridgehead atoms. The molecule has 0 atom stereocenters. The third-order valence-electron chi connectivity index (χ3n) is 2.21. The first-order chi connectivity index (χ1) is 9.47. The molecule has 0 spiro atoms. The van der Waals surface area contributed by atoms with Crippen LogP contribution in [0, 0.1) is 0 Å². The van der Waals surface area contributed by atoms with Gasteiger partial charge in [0, 0.05) is 6.20 Å². The Morgan fingerprint density at radius 1 is 1.15 bits per heavy atom. The first-order valence-electron chi connectivity index (χ1n) is 5.16. The number of halogens is 2. The number of carbonyl (C=O) groups is 2. The maximum atomic E-state index is 12.0. The molecule has 0 aliphatic rings. The Labute approximate surface area is 122 Å². The Bertz CT molecular complexity index is 693. The molecule has 7 nitrogen and oxygen atoms in total. The van der Waals surface area contributed by atoms with E-state index in [1.165, 1.54) is 18.3 Å². The van der Waals surface area contributed by atoms with Crippen molar-refractivity contribution in [1.29, 1.82) is 0 Å². The van der Waals surface area contributed by atoms with E-state index < -0.39 is 11.9 Å². The van der Waals surface area contributed by atoms with E-state index in [2.05, 4.69) is 20.5 Å². The second-order valence-electron chi connectivity index (χ2n) is 3.59. The number of aromatic nitrogens is 3. The summed E-state index contributed by atoms with van der Waals surface area (Å²) in [6.07, 6.45) is 2.46. The van der Waals surface area contributed by atoms with Gasteiger partial charge in [0.05, 0.1) is 23.0 Å². The Morgan fingerprint density at radius 2 is 1.90 bits per heavy atom. The van der Waals surface area contributed by atoms with Crippen molar-refractivity contribution in [2.45, 2.75) is 0 Å². The van der Waals surface area contributed by atoms with Crippen molar-refractivity contribution in [2.24, 2.45) is 0 Å². The summed E-state index contributed by atoms with van der Waals surface area (Å²) in [5, 5.41) is 18.2. The predicted octanol–water partition coefficient (Wildman–Crippen LogP) is 2.13. The number of carboxylic acids is 1. The highest BCUT2D eigenvalue weighted by atomic mass is 35.5. The molecule has 0 radical (unpaired) electrons. The lowest BCUT2D eigenvalue weighted by Gasteiger charge is -2.06. The summed E-state index contributed by atoms with van der Waals surface area (Å²) < 4.78 is 0. The van der Waals surface area contributed by atoms with Crippen LogP contribution in [-0.4, -0.2) is 32.2 Å². The number of pyridine rings is 1. The summed E-state index contributed by atoms with van der Waals surface area (Å²) in [5.74, 6) is -1.75. The number of nitrogens with one attached hydrogen (secondary N) is 1. The zero-order valence-electron chi connectivity index (χ0n) is 9.67. The smallest absolute Gasteiger partial charge is 0.337 e. The Kier molecular flexibility index (Phi) is 4.11. The van der Waals surface area contributed by atoms with Crippen LogP contribution in [-0.2, 0) is 0 Å². The van der Waals surface area contributed by atoms with Crippen molar-refractivity contribution in [2.75, 3.05) is 5.32 Å². The van der Waals surface area contributed by atoms with Gasteiger partial charge in [0.25, 0.3) is 5.91 Å². The fourth-order valence-electron chi connectivity index (χ4n) is 1.34. The molecule has 2 aromatic rings. The maximum Gasteiger partial charge on any atom is 0.337 e. The standard InChI is InChI=1S/C11H6Cl2N4O3/c12-8-2-7(9(13)17-16-8)10(18)15-6-1-5(11(19)20)3-14-4-6/h1-4H,(H,15,18)(H,19,20). The molecule has 2 heterocycles. The lowest BCUT2D eigenvalue weighted by atomic mass is 10.2. The van der Waals surface area contributed by atoms with Gasteiger partial charge in [-0.05, 0) is 12.1 Å². The average molecular weight is 313 g/mol. The number of nitrogens with zero attached hydrogens (tertiary/aromatic N) is 3. The topological polar surface area (TPSA) is 105 Å². The monoisotopic (exact) mass is 312 g/mol.